The molecular formula is C12H13N3O2. The summed E-state index contributed by atoms with van der Waals surface area (Å²) in [6.07, 6.45) is 1.43. The van der Waals surface area contributed by atoms with E-state index in [4.69, 9.17) is 10.5 Å². The van der Waals surface area contributed by atoms with Crippen LogP contribution in [0.15, 0.2) is 30.5 Å². The average Bonchev–Trinajstić information content (AvgIpc) is 2.62. The normalized spacial score (nSPS) is 10.2. The molecule has 0 fully saturated rings. The van der Waals surface area contributed by atoms with Crippen LogP contribution in [0.25, 0.3) is 0 Å². The molecule has 0 aliphatic heterocycles. The fourth-order valence-corrected chi connectivity index (χ4v) is 1.52. The fraction of sp³-hybridized carbons (Fsp3) is 0.167. The van der Waals surface area contributed by atoms with Crippen LogP contribution in [-0.2, 0) is 7.05 Å². The first kappa shape index (κ1) is 11.2. The third-order valence-electron chi connectivity index (χ3n) is 2.46. The minimum atomic E-state index is -0.503. The Kier molecular flexibility index (Phi) is 2.82. The number of benzene rings is 1. The van der Waals surface area contributed by atoms with Gasteiger partial charge in [-0.1, -0.05) is 18.2 Å². The molecule has 0 saturated carbocycles. The molecule has 0 saturated heterocycles. The Morgan fingerprint density at radius 3 is 2.71 bits per heavy atom. The lowest BCUT2D eigenvalue weighted by molar-refractivity contribution is 0.0723. The number of esters is 1. The molecule has 5 heteroatoms. The second kappa shape index (κ2) is 4.29. The first-order valence-electron chi connectivity index (χ1n) is 5.15. The van der Waals surface area contributed by atoms with Gasteiger partial charge in [-0.3, -0.25) is 4.68 Å². The Hall–Kier alpha value is -2.30. The largest absolute Gasteiger partial charge is 0.421 e. The number of para-hydroxylation sites is 1. The third kappa shape index (κ3) is 2.13. The highest BCUT2D eigenvalue weighted by molar-refractivity contribution is 5.94. The second-order valence-corrected chi connectivity index (χ2v) is 3.73. The lowest BCUT2D eigenvalue weighted by Gasteiger charge is -2.07. The van der Waals surface area contributed by atoms with Gasteiger partial charge in [0.15, 0.2) is 5.69 Å². The highest BCUT2D eigenvalue weighted by Gasteiger charge is 2.17. The van der Waals surface area contributed by atoms with Crippen LogP contribution in [-0.4, -0.2) is 15.7 Å². The molecule has 5 nitrogen and oxygen atoms in total. The molecule has 0 unspecified atom stereocenters. The maximum absolute atomic E-state index is 11.9. The number of aryl methyl sites for hydroxylation is 2. The van der Waals surface area contributed by atoms with E-state index < -0.39 is 5.97 Å². The Bertz CT molecular complexity index is 541. The predicted octanol–water partition coefficient (Wildman–Crippen LogP) is 1.53. The number of rotatable bonds is 2. The Morgan fingerprint density at radius 2 is 2.12 bits per heavy atom. The number of hydrogen-bond acceptors (Lipinski definition) is 4. The van der Waals surface area contributed by atoms with Gasteiger partial charge in [0.25, 0.3) is 0 Å². The molecule has 0 radical (unpaired) electrons. The summed E-state index contributed by atoms with van der Waals surface area (Å²) < 4.78 is 6.67. The molecule has 17 heavy (non-hydrogen) atoms. The van der Waals surface area contributed by atoms with Crippen LogP contribution in [0, 0.1) is 6.92 Å². The minimum absolute atomic E-state index is 0.258. The van der Waals surface area contributed by atoms with Crippen molar-refractivity contribution in [2.24, 2.45) is 7.05 Å². The molecule has 0 atom stereocenters. The number of nitrogen functional groups attached to an aromatic ring is 1. The molecule has 1 heterocycles. The number of carbonyl (C=O) groups excluding carboxylic acids is 1. The van der Waals surface area contributed by atoms with E-state index in [-0.39, 0.29) is 5.69 Å². The molecule has 1 aromatic carbocycles. The van der Waals surface area contributed by atoms with Crippen molar-refractivity contribution in [3.63, 3.8) is 0 Å². The standard InChI is InChI=1S/C12H13N3O2/c1-8-5-3-4-6-10(8)17-12(16)11-9(13)7-14-15(11)2/h3-7H,13H2,1-2H3. The van der Waals surface area contributed by atoms with E-state index in [2.05, 4.69) is 5.10 Å². The lowest BCUT2D eigenvalue weighted by atomic mass is 10.2. The first-order valence-corrected chi connectivity index (χ1v) is 5.15. The van der Waals surface area contributed by atoms with Crippen LogP contribution < -0.4 is 10.5 Å². The third-order valence-corrected chi connectivity index (χ3v) is 2.46. The quantitative estimate of drug-likeness (QED) is 0.628. The molecule has 1 aromatic heterocycles. The van der Waals surface area contributed by atoms with Gasteiger partial charge in [0.2, 0.25) is 0 Å². The zero-order chi connectivity index (χ0) is 12.4. The van der Waals surface area contributed by atoms with Crippen LogP contribution in [0.5, 0.6) is 5.75 Å². The predicted molar refractivity (Wildman–Crippen MR) is 63.8 cm³/mol. The molecule has 0 spiro atoms. The van der Waals surface area contributed by atoms with Gasteiger partial charge in [0, 0.05) is 7.05 Å². The summed E-state index contributed by atoms with van der Waals surface area (Å²) in [7, 11) is 1.64. The summed E-state index contributed by atoms with van der Waals surface area (Å²) in [4.78, 5) is 11.9. The number of nitrogens with zero attached hydrogens (tertiary/aromatic N) is 2. The van der Waals surface area contributed by atoms with Crippen molar-refractivity contribution >= 4 is 11.7 Å². The van der Waals surface area contributed by atoms with Crippen LogP contribution in [0.3, 0.4) is 0 Å². The second-order valence-electron chi connectivity index (χ2n) is 3.73. The summed E-state index contributed by atoms with van der Waals surface area (Å²) >= 11 is 0. The van der Waals surface area contributed by atoms with E-state index in [0.717, 1.165) is 5.56 Å². The number of carbonyl (C=O) groups is 1. The van der Waals surface area contributed by atoms with Crippen molar-refractivity contribution in [1.82, 2.24) is 9.78 Å². The molecule has 2 aromatic rings. The first-order chi connectivity index (χ1) is 8.09. The van der Waals surface area contributed by atoms with E-state index >= 15 is 0 Å². The lowest BCUT2D eigenvalue weighted by Crippen LogP contribution is -2.15. The summed E-state index contributed by atoms with van der Waals surface area (Å²) in [5.41, 5.74) is 7.11. The zero-order valence-corrected chi connectivity index (χ0v) is 9.68. The van der Waals surface area contributed by atoms with Crippen LogP contribution in [0.4, 0.5) is 5.69 Å². The van der Waals surface area contributed by atoms with Crippen molar-refractivity contribution in [2.75, 3.05) is 5.73 Å². The van der Waals surface area contributed by atoms with Gasteiger partial charge in [-0.25, -0.2) is 4.79 Å². The van der Waals surface area contributed by atoms with Crippen LogP contribution in [0.1, 0.15) is 16.1 Å². The summed E-state index contributed by atoms with van der Waals surface area (Å²) in [5, 5.41) is 3.89. The molecule has 0 aliphatic carbocycles. The minimum Gasteiger partial charge on any atom is -0.421 e. The van der Waals surface area contributed by atoms with Crippen molar-refractivity contribution in [3.8, 4) is 5.75 Å². The summed E-state index contributed by atoms with van der Waals surface area (Å²) in [6, 6.07) is 7.29. The molecular weight excluding hydrogens is 218 g/mol. The number of anilines is 1. The monoisotopic (exact) mass is 231 g/mol. The Morgan fingerprint density at radius 1 is 1.41 bits per heavy atom. The van der Waals surface area contributed by atoms with Crippen molar-refractivity contribution in [2.45, 2.75) is 6.92 Å². The number of aromatic nitrogens is 2. The molecule has 0 bridgehead atoms. The Labute approximate surface area is 98.8 Å². The van der Waals surface area contributed by atoms with Gasteiger partial charge >= 0.3 is 5.97 Å². The zero-order valence-electron chi connectivity index (χ0n) is 9.68. The van der Waals surface area contributed by atoms with Gasteiger partial charge < -0.3 is 10.5 Å². The number of ether oxygens (including phenoxy) is 1. The topological polar surface area (TPSA) is 70.1 Å². The molecule has 88 valence electrons. The van der Waals surface area contributed by atoms with Crippen LogP contribution >= 0.6 is 0 Å². The average molecular weight is 231 g/mol. The summed E-state index contributed by atoms with van der Waals surface area (Å²) in [6.45, 7) is 1.87. The molecule has 2 rings (SSSR count). The highest BCUT2D eigenvalue weighted by Crippen LogP contribution is 2.19. The van der Waals surface area contributed by atoms with E-state index in [1.165, 1.54) is 10.9 Å². The van der Waals surface area contributed by atoms with E-state index in [9.17, 15) is 4.79 Å². The van der Waals surface area contributed by atoms with Crippen molar-refractivity contribution in [3.05, 3.63) is 41.7 Å². The summed E-state index contributed by atoms with van der Waals surface area (Å²) in [5.74, 6) is 0.0231. The highest BCUT2D eigenvalue weighted by atomic mass is 16.5. The number of hydrogen-bond donors (Lipinski definition) is 1. The molecule has 2 N–H and O–H groups in total. The van der Waals surface area contributed by atoms with Gasteiger partial charge in [-0.05, 0) is 18.6 Å². The van der Waals surface area contributed by atoms with E-state index in [0.29, 0.717) is 11.4 Å². The van der Waals surface area contributed by atoms with E-state index in [1.54, 1.807) is 13.1 Å². The van der Waals surface area contributed by atoms with Gasteiger partial charge in [0.1, 0.15) is 5.75 Å². The van der Waals surface area contributed by atoms with Gasteiger partial charge in [-0.2, -0.15) is 5.10 Å². The van der Waals surface area contributed by atoms with Crippen molar-refractivity contribution in [1.29, 1.82) is 0 Å². The van der Waals surface area contributed by atoms with Gasteiger partial charge in [-0.15, -0.1) is 0 Å². The maximum Gasteiger partial charge on any atom is 0.364 e. The Balaban J connectivity index is 2.27. The SMILES string of the molecule is Cc1ccccc1OC(=O)c1c(N)cnn1C. The smallest absolute Gasteiger partial charge is 0.364 e. The molecule has 0 aliphatic rings. The fourth-order valence-electron chi connectivity index (χ4n) is 1.52. The van der Waals surface area contributed by atoms with E-state index in [1.807, 2.05) is 25.1 Å². The van der Waals surface area contributed by atoms with Gasteiger partial charge in [0.05, 0.1) is 11.9 Å². The molecule has 0 amide bonds. The van der Waals surface area contributed by atoms with Crippen LogP contribution in [0.2, 0.25) is 0 Å². The van der Waals surface area contributed by atoms with Crippen molar-refractivity contribution < 1.29 is 9.53 Å². The maximum atomic E-state index is 11.9. The number of nitrogens with two attached hydrogens (primary N) is 1.